The molecule has 0 saturated carbocycles. The SMILES string of the molecule is CCCCCCCCCCCCCCCCCCCCC/C=C/C(O)C(CO)NC(=O)CCCCCCCCCCCCC/C=C\C/C=C\CCCCCCCCCCCOC(=O)CCCCCCCCCCCCCCCCCCC. The Morgan fingerprint density at radius 1 is 0.341 bits per heavy atom. The van der Waals surface area contributed by atoms with Crippen molar-refractivity contribution in [3.05, 3.63) is 36.5 Å². The summed E-state index contributed by atoms with van der Waals surface area (Å²) in [5, 5.41) is 23.3. The predicted molar refractivity (Wildman–Crippen MR) is 361 cm³/mol. The minimum Gasteiger partial charge on any atom is -0.466 e. The van der Waals surface area contributed by atoms with Crippen LogP contribution in [-0.4, -0.2) is 47.4 Å². The third-order valence-corrected chi connectivity index (χ3v) is 17.4. The number of carbonyl (C=O) groups excluding carboxylic acids is 2. The summed E-state index contributed by atoms with van der Waals surface area (Å²) in [6, 6.07) is -0.632. The van der Waals surface area contributed by atoms with Crippen LogP contribution in [0.4, 0.5) is 0 Å². The van der Waals surface area contributed by atoms with E-state index in [-0.39, 0.29) is 18.5 Å². The van der Waals surface area contributed by atoms with Crippen LogP contribution in [0.15, 0.2) is 36.5 Å². The van der Waals surface area contributed by atoms with Gasteiger partial charge in [-0.15, -0.1) is 0 Å². The summed E-state index contributed by atoms with van der Waals surface area (Å²) in [4.78, 5) is 24.6. The van der Waals surface area contributed by atoms with Gasteiger partial charge in [0.1, 0.15) is 0 Å². The minimum atomic E-state index is -0.848. The highest BCUT2D eigenvalue weighted by atomic mass is 16.5. The molecule has 0 radical (unpaired) electrons. The maximum absolute atomic E-state index is 12.5. The smallest absolute Gasteiger partial charge is 0.305 e. The second-order valence-corrected chi connectivity index (χ2v) is 25.6. The number of hydrogen-bond donors (Lipinski definition) is 3. The Morgan fingerprint density at radius 3 is 0.927 bits per heavy atom. The number of ether oxygens (including phenoxy) is 1. The predicted octanol–water partition coefficient (Wildman–Crippen LogP) is 24.3. The Hall–Kier alpha value is -1.92. The third-order valence-electron chi connectivity index (χ3n) is 17.4. The van der Waals surface area contributed by atoms with Crippen LogP contribution in [0.25, 0.3) is 0 Å². The van der Waals surface area contributed by atoms with E-state index in [1.807, 2.05) is 6.08 Å². The molecule has 0 aliphatic rings. The van der Waals surface area contributed by atoms with E-state index in [2.05, 4.69) is 43.5 Å². The molecule has 0 aromatic heterocycles. The number of esters is 1. The molecule has 2 unspecified atom stereocenters. The van der Waals surface area contributed by atoms with Crippen LogP contribution < -0.4 is 5.32 Å². The van der Waals surface area contributed by atoms with Gasteiger partial charge in [0.25, 0.3) is 0 Å². The zero-order chi connectivity index (χ0) is 59.2. The Balaban J connectivity index is 3.43. The van der Waals surface area contributed by atoms with Gasteiger partial charge in [0, 0.05) is 12.8 Å². The molecule has 0 aromatic carbocycles. The zero-order valence-corrected chi connectivity index (χ0v) is 55.5. The maximum Gasteiger partial charge on any atom is 0.305 e. The molecule has 0 rings (SSSR count). The van der Waals surface area contributed by atoms with Gasteiger partial charge >= 0.3 is 5.97 Å². The van der Waals surface area contributed by atoms with E-state index < -0.39 is 12.1 Å². The molecule has 6 heteroatoms. The Bertz CT molecular complexity index is 1330. The van der Waals surface area contributed by atoms with E-state index in [9.17, 15) is 19.8 Å². The van der Waals surface area contributed by atoms with Crippen molar-refractivity contribution in [3.8, 4) is 0 Å². The zero-order valence-electron chi connectivity index (χ0n) is 55.5. The molecule has 1 amide bonds. The second-order valence-electron chi connectivity index (χ2n) is 25.6. The van der Waals surface area contributed by atoms with Crippen molar-refractivity contribution in [2.45, 2.75) is 424 Å². The molecule has 0 bridgehead atoms. The number of hydrogen-bond acceptors (Lipinski definition) is 5. The molecule has 484 valence electrons. The van der Waals surface area contributed by atoms with Gasteiger partial charge in [0.05, 0.1) is 25.4 Å². The van der Waals surface area contributed by atoms with Gasteiger partial charge in [-0.1, -0.05) is 371 Å². The number of carbonyl (C=O) groups is 2. The number of aliphatic hydroxyl groups is 2. The molecule has 0 aliphatic heterocycles. The molecule has 0 heterocycles. The standard InChI is InChI=1S/C76H145NO5/c1-3-5-7-9-11-13-15-17-19-21-22-30-33-37-40-44-48-52-56-60-64-68-74(79)73(72-78)77-75(80)69-65-61-57-53-49-45-41-38-34-31-28-26-24-23-25-27-29-32-35-39-43-47-51-55-59-63-67-71-82-76(81)70-66-62-58-54-50-46-42-36-20-18-16-14-12-10-8-6-4-2/h23-24,27,29,64,68,73-74,78-79H,3-22,25-26,28,30-63,65-67,69-72H2,1-2H3,(H,77,80)/b24-23-,29-27-,68-64+. The lowest BCUT2D eigenvalue weighted by molar-refractivity contribution is -0.143. The second kappa shape index (κ2) is 71.6. The van der Waals surface area contributed by atoms with Gasteiger partial charge in [-0.25, -0.2) is 0 Å². The fourth-order valence-corrected chi connectivity index (χ4v) is 11.7. The number of nitrogens with one attached hydrogen (secondary N) is 1. The maximum atomic E-state index is 12.5. The Kier molecular flexibility index (Phi) is 69.9. The Morgan fingerprint density at radius 2 is 0.610 bits per heavy atom. The highest BCUT2D eigenvalue weighted by Crippen LogP contribution is 2.19. The van der Waals surface area contributed by atoms with E-state index in [1.165, 1.54) is 340 Å². The van der Waals surface area contributed by atoms with E-state index in [0.717, 1.165) is 44.9 Å². The number of aliphatic hydroxyl groups excluding tert-OH is 2. The molecule has 0 fully saturated rings. The normalized spacial score (nSPS) is 12.7. The van der Waals surface area contributed by atoms with Crippen LogP contribution in [0.3, 0.4) is 0 Å². The lowest BCUT2D eigenvalue weighted by Gasteiger charge is -2.20. The average molecular weight is 1150 g/mol. The summed E-state index contributed by atoms with van der Waals surface area (Å²) in [6.07, 6.45) is 92.3. The number of rotatable bonds is 70. The van der Waals surface area contributed by atoms with Crippen molar-refractivity contribution in [2.24, 2.45) is 0 Å². The van der Waals surface area contributed by atoms with Crippen molar-refractivity contribution >= 4 is 11.9 Å². The minimum absolute atomic E-state index is 0.0149. The van der Waals surface area contributed by atoms with Crippen molar-refractivity contribution in [1.29, 1.82) is 0 Å². The van der Waals surface area contributed by atoms with E-state index in [1.54, 1.807) is 6.08 Å². The van der Waals surface area contributed by atoms with E-state index in [0.29, 0.717) is 19.4 Å². The summed E-state index contributed by atoms with van der Waals surface area (Å²) in [6.45, 7) is 4.94. The van der Waals surface area contributed by atoms with Gasteiger partial charge in [-0.3, -0.25) is 9.59 Å². The first kappa shape index (κ1) is 80.1. The molecule has 0 spiro atoms. The van der Waals surface area contributed by atoms with Crippen molar-refractivity contribution in [2.75, 3.05) is 13.2 Å². The molecular weight excluding hydrogens is 1010 g/mol. The number of allylic oxidation sites excluding steroid dienone is 5. The van der Waals surface area contributed by atoms with Crippen molar-refractivity contribution in [3.63, 3.8) is 0 Å². The summed E-state index contributed by atoms with van der Waals surface area (Å²) in [5.74, 6) is -0.0524. The van der Waals surface area contributed by atoms with E-state index >= 15 is 0 Å². The first-order valence-electron chi connectivity index (χ1n) is 37.3. The average Bonchev–Trinajstić information content (AvgIpc) is 3.48. The number of unbranched alkanes of at least 4 members (excludes halogenated alkanes) is 55. The van der Waals surface area contributed by atoms with Gasteiger partial charge in [0.15, 0.2) is 0 Å². The monoisotopic (exact) mass is 1150 g/mol. The lowest BCUT2D eigenvalue weighted by Crippen LogP contribution is -2.45. The highest BCUT2D eigenvalue weighted by Gasteiger charge is 2.18. The van der Waals surface area contributed by atoms with Gasteiger partial charge in [0.2, 0.25) is 5.91 Å². The first-order chi connectivity index (χ1) is 40.5. The largest absolute Gasteiger partial charge is 0.466 e. The van der Waals surface area contributed by atoms with Crippen LogP contribution >= 0.6 is 0 Å². The molecule has 3 N–H and O–H groups in total. The summed E-state index contributed by atoms with van der Waals surface area (Å²) >= 11 is 0. The van der Waals surface area contributed by atoms with Crippen LogP contribution in [0.1, 0.15) is 412 Å². The van der Waals surface area contributed by atoms with Gasteiger partial charge < -0.3 is 20.3 Å². The molecule has 0 aliphatic carbocycles. The van der Waals surface area contributed by atoms with Crippen molar-refractivity contribution in [1.82, 2.24) is 5.32 Å². The first-order valence-corrected chi connectivity index (χ1v) is 37.3. The Labute approximate surface area is 513 Å². The van der Waals surface area contributed by atoms with Gasteiger partial charge in [-0.2, -0.15) is 0 Å². The topological polar surface area (TPSA) is 95.9 Å². The van der Waals surface area contributed by atoms with Gasteiger partial charge in [-0.05, 0) is 64.2 Å². The van der Waals surface area contributed by atoms with Crippen LogP contribution in [0, 0.1) is 0 Å². The summed E-state index contributed by atoms with van der Waals surface area (Å²) in [7, 11) is 0. The molecule has 2 atom stereocenters. The van der Waals surface area contributed by atoms with Crippen LogP contribution in [0.2, 0.25) is 0 Å². The molecule has 0 saturated heterocycles. The van der Waals surface area contributed by atoms with E-state index in [4.69, 9.17) is 4.74 Å². The molecule has 82 heavy (non-hydrogen) atoms. The highest BCUT2D eigenvalue weighted by molar-refractivity contribution is 5.76. The van der Waals surface area contributed by atoms with Crippen LogP contribution in [-0.2, 0) is 14.3 Å². The molecule has 0 aromatic rings. The fourth-order valence-electron chi connectivity index (χ4n) is 11.7. The van der Waals surface area contributed by atoms with Crippen molar-refractivity contribution < 1.29 is 24.5 Å². The summed E-state index contributed by atoms with van der Waals surface area (Å²) < 4.78 is 5.50. The summed E-state index contributed by atoms with van der Waals surface area (Å²) in [5.41, 5.74) is 0. The van der Waals surface area contributed by atoms with Crippen LogP contribution in [0.5, 0.6) is 0 Å². The fraction of sp³-hybridized carbons (Fsp3) is 0.895. The lowest BCUT2D eigenvalue weighted by atomic mass is 10.0. The number of amides is 1. The molecular formula is C76H145NO5. The quantitative estimate of drug-likeness (QED) is 0.0320. The third kappa shape index (κ3) is 67.2. The molecule has 6 nitrogen and oxygen atoms in total.